The smallest absolute Gasteiger partial charge is 0.271 e. The van der Waals surface area contributed by atoms with Gasteiger partial charge >= 0.3 is 0 Å². The highest BCUT2D eigenvalue weighted by atomic mass is 35.5. The molecule has 1 heterocycles. The van der Waals surface area contributed by atoms with E-state index in [9.17, 15) is 13.2 Å². The molecule has 0 atom stereocenters. The van der Waals surface area contributed by atoms with Crippen molar-refractivity contribution in [3.8, 4) is 0 Å². The number of carbonyl (C=O) groups is 1. The molecular formula is C15H16ClN3O3S. The monoisotopic (exact) mass is 353 g/mol. The number of rotatable bonds is 5. The van der Waals surface area contributed by atoms with E-state index in [1.807, 2.05) is 31.2 Å². The zero-order valence-corrected chi connectivity index (χ0v) is 14.3. The standard InChI is InChI=1S/C15H16ClN3O3S/c1-3-23(21,22)15-18-9-12(16)13(19-15)14(20)17-8-11-6-4-10(2)5-7-11/h4-7,9H,3,8H2,1-2H3,(H,17,20). The van der Waals surface area contributed by atoms with Gasteiger partial charge in [-0.15, -0.1) is 0 Å². The molecule has 0 bridgehead atoms. The van der Waals surface area contributed by atoms with Crippen LogP contribution >= 0.6 is 11.6 Å². The zero-order chi connectivity index (χ0) is 17.0. The molecule has 0 aliphatic heterocycles. The highest BCUT2D eigenvalue weighted by Gasteiger charge is 2.20. The lowest BCUT2D eigenvalue weighted by Gasteiger charge is -2.08. The molecule has 23 heavy (non-hydrogen) atoms. The molecule has 1 aromatic heterocycles. The lowest BCUT2D eigenvalue weighted by atomic mass is 10.1. The number of nitrogens with one attached hydrogen (secondary N) is 1. The molecule has 1 amide bonds. The number of benzene rings is 1. The van der Waals surface area contributed by atoms with Crippen molar-refractivity contribution in [3.05, 3.63) is 52.3 Å². The van der Waals surface area contributed by atoms with E-state index in [0.717, 1.165) is 17.3 Å². The molecule has 0 unspecified atom stereocenters. The van der Waals surface area contributed by atoms with Crippen molar-refractivity contribution in [2.75, 3.05) is 5.75 Å². The third kappa shape index (κ3) is 4.27. The zero-order valence-electron chi connectivity index (χ0n) is 12.7. The quantitative estimate of drug-likeness (QED) is 0.832. The molecule has 0 aliphatic rings. The van der Waals surface area contributed by atoms with Crippen molar-refractivity contribution in [1.29, 1.82) is 0 Å². The first kappa shape index (κ1) is 17.4. The number of aromatic nitrogens is 2. The van der Waals surface area contributed by atoms with Gasteiger partial charge in [-0.25, -0.2) is 18.4 Å². The molecule has 1 N–H and O–H groups in total. The van der Waals surface area contributed by atoms with Crippen molar-refractivity contribution in [2.45, 2.75) is 25.5 Å². The van der Waals surface area contributed by atoms with E-state index in [0.29, 0.717) is 0 Å². The molecule has 0 radical (unpaired) electrons. The molecule has 1 aromatic carbocycles. The number of amides is 1. The number of hydrogen-bond acceptors (Lipinski definition) is 5. The van der Waals surface area contributed by atoms with Gasteiger partial charge in [-0.3, -0.25) is 4.79 Å². The Kier molecular flexibility index (Phi) is 5.33. The molecule has 0 spiro atoms. The van der Waals surface area contributed by atoms with Gasteiger partial charge in [0, 0.05) is 6.54 Å². The highest BCUT2D eigenvalue weighted by Crippen LogP contribution is 2.15. The van der Waals surface area contributed by atoms with Crippen LogP contribution in [0, 0.1) is 6.92 Å². The molecule has 122 valence electrons. The van der Waals surface area contributed by atoms with E-state index in [2.05, 4.69) is 15.3 Å². The fourth-order valence-electron chi connectivity index (χ4n) is 1.76. The average molecular weight is 354 g/mol. The minimum absolute atomic E-state index is 0.00135. The van der Waals surface area contributed by atoms with Crippen molar-refractivity contribution in [1.82, 2.24) is 15.3 Å². The van der Waals surface area contributed by atoms with Gasteiger partial charge in [0.1, 0.15) is 0 Å². The van der Waals surface area contributed by atoms with E-state index >= 15 is 0 Å². The van der Waals surface area contributed by atoms with Crippen LogP contribution in [-0.4, -0.2) is 30.0 Å². The second kappa shape index (κ2) is 7.06. The van der Waals surface area contributed by atoms with Crippen molar-refractivity contribution >= 4 is 27.3 Å². The van der Waals surface area contributed by atoms with Crippen molar-refractivity contribution in [2.24, 2.45) is 0 Å². The van der Waals surface area contributed by atoms with Crippen LogP contribution in [0.3, 0.4) is 0 Å². The lowest BCUT2D eigenvalue weighted by molar-refractivity contribution is 0.0945. The fraction of sp³-hybridized carbons (Fsp3) is 0.267. The summed E-state index contributed by atoms with van der Waals surface area (Å²) in [6.45, 7) is 3.73. The third-order valence-corrected chi connectivity index (χ3v) is 4.96. The summed E-state index contributed by atoms with van der Waals surface area (Å²) in [5, 5.41) is 2.27. The molecule has 0 aliphatic carbocycles. The van der Waals surface area contributed by atoms with E-state index in [4.69, 9.17) is 11.6 Å². The maximum Gasteiger partial charge on any atom is 0.271 e. The van der Waals surface area contributed by atoms with Crippen LogP contribution < -0.4 is 5.32 Å². The van der Waals surface area contributed by atoms with Crippen LogP contribution in [-0.2, 0) is 16.4 Å². The van der Waals surface area contributed by atoms with Crippen LogP contribution in [0.25, 0.3) is 0 Å². The fourth-order valence-corrected chi connectivity index (χ4v) is 2.64. The highest BCUT2D eigenvalue weighted by molar-refractivity contribution is 7.91. The van der Waals surface area contributed by atoms with Gasteiger partial charge in [0.2, 0.25) is 15.0 Å². The van der Waals surface area contributed by atoms with Crippen LogP contribution in [0.2, 0.25) is 5.02 Å². The summed E-state index contributed by atoms with van der Waals surface area (Å²) in [7, 11) is -3.60. The molecule has 8 heteroatoms. The van der Waals surface area contributed by atoms with E-state index < -0.39 is 20.9 Å². The number of sulfone groups is 1. The number of halogens is 1. The molecule has 0 saturated heterocycles. The normalized spacial score (nSPS) is 11.3. The van der Waals surface area contributed by atoms with Crippen LogP contribution in [0.4, 0.5) is 0 Å². The first-order chi connectivity index (χ1) is 10.8. The summed E-state index contributed by atoms with van der Waals surface area (Å²) in [5.41, 5.74) is 1.88. The Morgan fingerprint density at radius 2 is 1.91 bits per heavy atom. The molecule has 0 saturated carbocycles. The summed E-state index contributed by atoms with van der Waals surface area (Å²) in [5.74, 6) is -0.704. The summed E-state index contributed by atoms with van der Waals surface area (Å²) in [6.07, 6.45) is 1.12. The van der Waals surface area contributed by atoms with Gasteiger partial charge in [0.15, 0.2) is 5.69 Å². The van der Waals surface area contributed by atoms with Crippen molar-refractivity contribution < 1.29 is 13.2 Å². The summed E-state index contributed by atoms with van der Waals surface area (Å²) in [4.78, 5) is 19.7. The van der Waals surface area contributed by atoms with E-state index in [-0.39, 0.29) is 23.0 Å². The van der Waals surface area contributed by atoms with Gasteiger partial charge in [-0.05, 0) is 12.5 Å². The summed E-state index contributed by atoms with van der Waals surface area (Å²) < 4.78 is 23.6. The van der Waals surface area contributed by atoms with Gasteiger partial charge in [-0.1, -0.05) is 48.4 Å². The number of aryl methyl sites for hydroxylation is 1. The van der Waals surface area contributed by atoms with Crippen LogP contribution in [0.15, 0.2) is 35.6 Å². The first-order valence-electron chi connectivity index (χ1n) is 6.92. The molecule has 6 nitrogen and oxygen atoms in total. The second-order valence-corrected chi connectivity index (χ2v) is 7.50. The maximum atomic E-state index is 12.2. The number of carbonyl (C=O) groups excluding carboxylic acids is 1. The largest absolute Gasteiger partial charge is 0.347 e. The van der Waals surface area contributed by atoms with Crippen molar-refractivity contribution in [3.63, 3.8) is 0 Å². The minimum Gasteiger partial charge on any atom is -0.347 e. The SMILES string of the molecule is CCS(=O)(=O)c1ncc(Cl)c(C(=O)NCc2ccc(C)cc2)n1. The van der Waals surface area contributed by atoms with Gasteiger partial charge in [-0.2, -0.15) is 0 Å². The topological polar surface area (TPSA) is 89.0 Å². The Labute approximate surface area is 139 Å². The summed E-state index contributed by atoms with van der Waals surface area (Å²) in [6, 6.07) is 7.66. The molecule has 2 rings (SSSR count). The molecular weight excluding hydrogens is 338 g/mol. The molecule has 2 aromatic rings. The van der Waals surface area contributed by atoms with Crippen LogP contribution in [0.5, 0.6) is 0 Å². The maximum absolute atomic E-state index is 12.2. The first-order valence-corrected chi connectivity index (χ1v) is 8.95. The Morgan fingerprint density at radius 3 is 2.52 bits per heavy atom. The van der Waals surface area contributed by atoms with Gasteiger partial charge in [0.25, 0.3) is 5.91 Å². The Morgan fingerprint density at radius 1 is 1.26 bits per heavy atom. The minimum atomic E-state index is -3.60. The van der Waals surface area contributed by atoms with Gasteiger partial charge in [0.05, 0.1) is 17.0 Å². The van der Waals surface area contributed by atoms with Gasteiger partial charge < -0.3 is 5.32 Å². The lowest BCUT2D eigenvalue weighted by Crippen LogP contribution is -2.25. The Bertz CT molecular complexity index is 820. The number of nitrogens with zero attached hydrogens (tertiary/aromatic N) is 2. The summed E-state index contributed by atoms with van der Waals surface area (Å²) >= 11 is 5.91. The second-order valence-electron chi connectivity index (χ2n) is 4.92. The molecule has 0 fully saturated rings. The predicted octanol–water partition coefficient (Wildman–Crippen LogP) is 2.16. The third-order valence-electron chi connectivity index (χ3n) is 3.17. The predicted molar refractivity (Wildman–Crippen MR) is 87.1 cm³/mol. The van der Waals surface area contributed by atoms with Crippen LogP contribution in [0.1, 0.15) is 28.5 Å². The van der Waals surface area contributed by atoms with E-state index in [1.54, 1.807) is 0 Å². The Balaban J connectivity index is 2.18. The average Bonchev–Trinajstić information content (AvgIpc) is 2.54. The van der Waals surface area contributed by atoms with E-state index in [1.165, 1.54) is 6.92 Å². The number of hydrogen-bond donors (Lipinski definition) is 1. The Hall–Kier alpha value is -1.99.